The summed E-state index contributed by atoms with van der Waals surface area (Å²) >= 11 is 8.42. The molecule has 2 unspecified atom stereocenters. The zero-order valence-corrected chi connectivity index (χ0v) is 14.4. The molecule has 2 atom stereocenters. The van der Waals surface area contributed by atoms with E-state index in [1.54, 1.807) is 0 Å². The SMILES string of the molecule is Cc1ccc(C(CN)C(O)c2cc(Br)c(Br)s2)cc1. The topological polar surface area (TPSA) is 46.2 Å². The maximum Gasteiger partial charge on any atom is 0.0963 e. The highest BCUT2D eigenvalue weighted by Crippen LogP contribution is 2.40. The lowest BCUT2D eigenvalue weighted by Gasteiger charge is -2.21. The second kappa shape index (κ2) is 6.50. The number of aliphatic hydroxyl groups is 1. The Bertz CT molecular complexity index is 534. The van der Waals surface area contributed by atoms with Gasteiger partial charge in [-0.25, -0.2) is 0 Å². The van der Waals surface area contributed by atoms with E-state index in [9.17, 15) is 5.11 Å². The lowest BCUT2D eigenvalue weighted by molar-refractivity contribution is 0.151. The third-order valence-corrected chi connectivity index (χ3v) is 6.42. The lowest BCUT2D eigenvalue weighted by atomic mass is 9.92. The first-order valence-electron chi connectivity index (χ1n) is 5.92. The minimum Gasteiger partial charge on any atom is -0.387 e. The molecule has 2 nitrogen and oxygen atoms in total. The van der Waals surface area contributed by atoms with Crippen molar-refractivity contribution in [3.8, 4) is 0 Å². The van der Waals surface area contributed by atoms with E-state index < -0.39 is 6.10 Å². The largest absolute Gasteiger partial charge is 0.387 e. The number of aliphatic hydroxyl groups excluding tert-OH is 1. The normalized spacial score (nSPS) is 14.4. The quantitative estimate of drug-likeness (QED) is 0.795. The number of benzene rings is 1. The Labute approximate surface area is 133 Å². The first kappa shape index (κ1) is 15.2. The van der Waals surface area contributed by atoms with Gasteiger partial charge in [-0.2, -0.15) is 0 Å². The van der Waals surface area contributed by atoms with Gasteiger partial charge in [0.15, 0.2) is 0 Å². The average Bonchev–Trinajstić information content (AvgIpc) is 2.73. The van der Waals surface area contributed by atoms with E-state index in [-0.39, 0.29) is 5.92 Å². The molecule has 0 radical (unpaired) electrons. The van der Waals surface area contributed by atoms with Crippen LogP contribution in [0.3, 0.4) is 0 Å². The molecular weight excluding hydrogens is 390 g/mol. The Balaban J connectivity index is 2.28. The Kier molecular flexibility index (Phi) is 5.20. The van der Waals surface area contributed by atoms with Crippen molar-refractivity contribution in [3.63, 3.8) is 0 Å². The van der Waals surface area contributed by atoms with Crippen molar-refractivity contribution >= 4 is 43.2 Å². The van der Waals surface area contributed by atoms with Crippen LogP contribution in [0.4, 0.5) is 0 Å². The van der Waals surface area contributed by atoms with E-state index in [2.05, 4.69) is 31.9 Å². The summed E-state index contributed by atoms with van der Waals surface area (Å²) in [4.78, 5) is 0.912. The molecule has 0 spiro atoms. The number of thiophene rings is 1. The van der Waals surface area contributed by atoms with Crippen LogP contribution in [0, 0.1) is 6.92 Å². The summed E-state index contributed by atoms with van der Waals surface area (Å²) in [5.41, 5.74) is 8.12. The van der Waals surface area contributed by atoms with Crippen molar-refractivity contribution in [2.24, 2.45) is 5.73 Å². The number of aryl methyl sites for hydroxylation is 1. The fourth-order valence-electron chi connectivity index (χ4n) is 1.97. The number of hydrogen-bond donors (Lipinski definition) is 2. The number of nitrogens with two attached hydrogens (primary N) is 1. The standard InChI is InChI=1S/C14H15Br2NOS/c1-8-2-4-9(5-3-8)10(7-17)13(18)12-6-11(15)14(16)19-12/h2-6,10,13,18H,7,17H2,1H3. The summed E-state index contributed by atoms with van der Waals surface area (Å²) in [6, 6.07) is 10.1. The van der Waals surface area contributed by atoms with Gasteiger partial charge in [0.1, 0.15) is 0 Å². The first-order chi connectivity index (χ1) is 9.02. The van der Waals surface area contributed by atoms with Crippen LogP contribution >= 0.6 is 43.2 Å². The summed E-state index contributed by atoms with van der Waals surface area (Å²) in [6.07, 6.45) is -0.583. The molecule has 2 aromatic rings. The molecule has 0 aliphatic rings. The van der Waals surface area contributed by atoms with E-state index in [1.165, 1.54) is 16.9 Å². The molecule has 0 saturated heterocycles. The molecular formula is C14H15Br2NOS. The van der Waals surface area contributed by atoms with Crippen LogP contribution in [0.1, 0.15) is 28.0 Å². The molecule has 0 fully saturated rings. The van der Waals surface area contributed by atoms with Crippen LogP contribution in [-0.2, 0) is 0 Å². The minimum absolute atomic E-state index is 0.0851. The van der Waals surface area contributed by atoms with Gasteiger partial charge >= 0.3 is 0 Å². The van der Waals surface area contributed by atoms with Crippen LogP contribution in [0.2, 0.25) is 0 Å². The number of hydrogen-bond acceptors (Lipinski definition) is 3. The van der Waals surface area contributed by atoms with Gasteiger partial charge in [0.05, 0.1) is 9.89 Å². The van der Waals surface area contributed by atoms with Crippen LogP contribution in [0.25, 0.3) is 0 Å². The zero-order chi connectivity index (χ0) is 14.0. The van der Waals surface area contributed by atoms with Gasteiger partial charge in [-0.05, 0) is 50.4 Å². The zero-order valence-electron chi connectivity index (χ0n) is 10.4. The Morgan fingerprint density at radius 2 is 1.89 bits per heavy atom. The fourth-order valence-corrected chi connectivity index (χ4v) is 4.11. The molecule has 0 saturated carbocycles. The van der Waals surface area contributed by atoms with Crippen molar-refractivity contribution in [2.45, 2.75) is 18.9 Å². The van der Waals surface area contributed by atoms with Crippen molar-refractivity contribution in [3.05, 3.63) is 54.6 Å². The molecule has 1 aromatic heterocycles. The Morgan fingerprint density at radius 3 is 2.37 bits per heavy atom. The van der Waals surface area contributed by atoms with Crippen molar-refractivity contribution in [2.75, 3.05) is 6.54 Å². The monoisotopic (exact) mass is 403 g/mol. The van der Waals surface area contributed by atoms with Gasteiger partial charge in [-0.15, -0.1) is 11.3 Å². The number of halogens is 2. The number of rotatable bonds is 4. The molecule has 3 N–H and O–H groups in total. The highest BCUT2D eigenvalue weighted by atomic mass is 79.9. The highest BCUT2D eigenvalue weighted by Gasteiger charge is 2.23. The predicted molar refractivity (Wildman–Crippen MR) is 87.7 cm³/mol. The first-order valence-corrected chi connectivity index (χ1v) is 8.32. The van der Waals surface area contributed by atoms with Gasteiger partial charge in [-0.1, -0.05) is 29.8 Å². The van der Waals surface area contributed by atoms with E-state index in [0.717, 1.165) is 18.7 Å². The second-order valence-electron chi connectivity index (χ2n) is 4.47. The van der Waals surface area contributed by atoms with Crippen molar-refractivity contribution in [1.82, 2.24) is 0 Å². The summed E-state index contributed by atoms with van der Waals surface area (Å²) in [5.74, 6) is -0.0851. The van der Waals surface area contributed by atoms with Gasteiger partial charge in [0, 0.05) is 21.8 Å². The van der Waals surface area contributed by atoms with Crippen LogP contribution in [0.5, 0.6) is 0 Å². The van der Waals surface area contributed by atoms with E-state index in [0.29, 0.717) is 6.54 Å². The van der Waals surface area contributed by atoms with Crippen molar-refractivity contribution in [1.29, 1.82) is 0 Å². The van der Waals surface area contributed by atoms with Gasteiger partial charge < -0.3 is 10.8 Å². The molecule has 0 amide bonds. The fraction of sp³-hybridized carbons (Fsp3) is 0.286. The van der Waals surface area contributed by atoms with Crippen LogP contribution in [-0.4, -0.2) is 11.7 Å². The van der Waals surface area contributed by atoms with Gasteiger partial charge in [0.25, 0.3) is 0 Å². The summed E-state index contributed by atoms with van der Waals surface area (Å²) in [5, 5.41) is 10.5. The maximum absolute atomic E-state index is 10.5. The molecule has 0 bridgehead atoms. The molecule has 1 aromatic carbocycles. The third kappa shape index (κ3) is 3.47. The van der Waals surface area contributed by atoms with Crippen LogP contribution < -0.4 is 5.73 Å². The van der Waals surface area contributed by atoms with Gasteiger partial charge in [0.2, 0.25) is 0 Å². The summed E-state index contributed by atoms with van der Waals surface area (Å²) < 4.78 is 1.95. The molecule has 0 aliphatic heterocycles. The molecule has 102 valence electrons. The lowest BCUT2D eigenvalue weighted by Crippen LogP contribution is -2.19. The summed E-state index contributed by atoms with van der Waals surface area (Å²) in [6.45, 7) is 2.46. The molecule has 5 heteroatoms. The molecule has 19 heavy (non-hydrogen) atoms. The van der Waals surface area contributed by atoms with E-state index >= 15 is 0 Å². The highest BCUT2D eigenvalue weighted by molar-refractivity contribution is 9.13. The van der Waals surface area contributed by atoms with Gasteiger partial charge in [-0.3, -0.25) is 0 Å². The third-order valence-electron chi connectivity index (χ3n) is 3.10. The Morgan fingerprint density at radius 1 is 1.26 bits per heavy atom. The minimum atomic E-state index is -0.583. The van der Waals surface area contributed by atoms with E-state index in [1.807, 2.05) is 37.3 Å². The van der Waals surface area contributed by atoms with E-state index in [4.69, 9.17) is 5.73 Å². The molecule has 0 aliphatic carbocycles. The van der Waals surface area contributed by atoms with Crippen LogP contribution in [0.15, 0.2) is 38.6 Å². The Hall–Kier alpha value is -0.200. The predicted octanol–water partition coefficient (Wildman–Crippen LogP) is 4.36. The summed E-state index contributed by atoms with van der Waals surface area (Å²) in [7, 11) is 0. The molecule has 1 heterocycles. The maximum atomic E-state index is 10.5. The smallest absolute Gasteiger partial charge is 0.0963 e. The average molecular weight is 405 g/mol. The van der Waals surface area contributed by atoms with Crippen molar-refractivity contribution < 1.29 is 5.11 Å². The molecule has 2 rings (SSSR count). The second-order valence-corrected chi connectivity index (χ2v) is 7.72.